The highest BCUT2D eigenvalue weighted by atomic mass is 79.9. The molecule has 0 unspecified atom stereocenters. The molecule has 1 aromatic carbocycles. The van der Waals surface area contributed by atoms with Crippen LogP contribution in [-0.4, -0.2) is 14.8 Å². The van der Waals surface area contributed by atoms with E-state index in [1.165, 1.54) is 16.7 Å². The number of aromatic nitrogens is 3. The van der Waals surface area contributed by atoms with E-state index in [2.05, 4.69) is 26.1 Å². The first kappa shape index (κ1) is 13.8. The highest BCUT2D eigenvalue weighted by Gasteiger charge is 2.15. The summed E-state index contributed by atoms with van der Waals surface area (Å²) in [6.45, 7) is 2.24. The summed E-state index contributed by atoms with van der Waals surface area (Å²) in [5, 5.41) is 15.3. The Bertz CT molecular complexity index is 718. The van der Waals surface area contributed by atoms with Gasteiger partial charge in [-0.15, -0.1) is 5.10 Å². The van der Waals surface area contributed by atoms with Crippen molar-refractivity contribution in [2.75, 3.05) is 0 Å². The van der Waals surface area contributed by atoms with Gasteiger partial charge in [0.1, 0.15) is 6.07 Å². The quantitative estimate of drug-likeness (QED) is 0.929. The second kappa shape index (κ2) is 5.59. The van der Waals surface area contributed by atoms with E-state index in [0.29, 0.717) is 16.6 Å². The topological polar surface area (TPSA) is 74.5 Å². The van der Waals surface area contributed by atoms with Gasteiger partial charge >= 0.3 is 5.69 Å². The molecule has 2 aromatic rings. The number of H-pyrrole nitrogens is 1. The standard InChI is InChI=1S/C11H8BrFN4OS/c1-2-17-10(18)15-16-11(17)19-7-4-3-6(5-14)8(12)9(7)13/h3-4H,2H2,1H3,(H,15,18). The summed E-state index contributed by atoms with van der Waals surface area (Å²) in [5.41, 5.74) is -0.116. The van der Waals surface area contributed by atoms with Gasteiger partial charge in [-0.2, -0.15) is 5.26 Å². The predicted molar refractivity (Wildman–Crippen MR) is 71.5 cm³/mol. The van der Waals surface area contributed by atoms with Crippen molar-refractivity contribution in [3.05, 3.63) is 38.5 Å². The van der Waals surface area contributed by atoms with Crippen molar-refractivity contribution in [2.24, 2.45) is 0 Å². The van der Waals surface area contributed by atoms with Crippen LogP contribution >= 0.6 is 27.7 Å². The van der Waals surface area contributed by atoms with Crippen LogP contribution in [0.5, 0.6) is 0 Å². The van der Waals surface area contributed by atoms with Gasteiger partial charge in [0.05, 0.1) is 14.9 Å². The van der Waals surface area contributed by atoms with Gasteiger partial charge in [-0.05, 0) is 46.7 Å². The van der Waals surface area contributed by atoms with E-state index in [0.717, 1.165) is 11.8 Å². The lowest BCUT2D eigenvalue weighted by Crippen LogP contribution is -2.16. The van der Waals surface area contributed by atoms with Crippen LogP contribution in [0.3, 0.4) is 0 Å². The molecule has 0 aliphatic carbocycles. The van der Waals surface area contributed by atoms with E-state index in [1.807, 2.05) is 6.07 Å². The van der Waals surface area contributed by atoms with Crippen LogP contribution in [0.2, 0.25) is 0 Å². The molecule has 0 spiro atoms. The molecule has 0 atom stereocenters. The number of nitrogens with one attached hydrogen (secondary N) is 1. The van der Waals surface area contributed by atoms with Crippen molar-refractivity contribution in [1.29, 1.82) is 5.26 Å². The van der Waals surface area contributed by atoms with Gasteiger partial charge in [-0.1, -0.05) is 0 Å². The average molecular weight is 343 g/mol. The first-order valence-corrected chi connectivity index (χ1v) is 6.90. The summed E-state index contributed by atoms with van der Waals surface area (Å²) >= 11 is 4.06. The van der Waals surface area contributed by atoms with E-state index < -0.39 is 5.82 Å². The van der Waals surface area contributed by atoms with Crippen LogP contribution in [0.25, 0.3) is 0 Å². The van der Waals surface area contributed by atoms with Crippen molar-refractivity contribution in [1.82, 2.24) is 14.8 Å². The van der Waals surface area contributed by atoms with Crippen molar-refractivity contribution < 1.29 is 4.39 Å². The first-order valence-electron chi connectivity index (χ1n) is 5.29. The van der Waals surface area contributed by atoms with Gasteiger partial charge in [-0.25, -0.2) is 14.3 Å². The smallest absolute Gasteiger partial charge is 0.270 e. The molecule has 0 fully saturated rings. The lowest BCUT2D eigenvalue weighted by atomic mass is 10.2. The third-order valence-corrected chi connectivity index (χ3v) is 4.21. The van der Waals surface area contributed by atoms with Gasteiger partial charge in [-0.3, -0.25) is 4.57 Å². The molecule has 0 saturated carbocycles. The minimum atomic E-state index is -0.540. The summed E-state index contributed by atoms with van der Waals surface area (Å²) in [6.07, 6.45) is 0. The van der Waals surface area contributed by atoms with Crippen LogP contribution in [0.4, 0.5) is 4.39 Å². The largest absolute Gasteiger partial charge is 0.343 e. The minimum absolute atomic E-state index is 0.112. The van der Waals surface area contributed by atoms with E-state index in [9.17, 15) is 9.18 Å². The number of aromatic amines is 1. The van der Waals surface area contributed by atoms with Crippen LogP contribution in [-0.2, 0) is 6.54 Å². The lowest BCUT2D eigenvalue weighted by molar-refractivity contribution is 0.592. The molecule has 0 aliphatic heterocycles. The second-order valence-electron chi connectivity index (χ2n) is 3.51. The monoisotopic (exact) mass is 342 g/mol. The van der Waals surface area contributed by atoms with Gasteiger partial charge in [0.2, 0.25) is 0 Å². The van der Waals surface area contributed by atoms with Crippen LogP contribution in [0, 0.1) is 17.1 Å². The zero-order valence-corrected chi connectivity index (χ0v) is 12.2. The van der Waals surface area contributed by atoms with Crippen molar-refractivity contribution >= 4 is 27.7 Å². The lowest BCUT2D eigenvalue weighted by Gasteiger charge is -2.05. The van der Waals surface area contributed by atoms with Gasteiger partial charge in [0.15, 0.2) is 11.0 Å². The van der Waals surface area contributed by atoms with Crippen LogP contribution in [0.15, 0.2) is 31.5 Å². The SMILES string of the molecule is CCn1c(Sc2ccc(C#N)c(Br)c2F)n[nH]c1=O. The molecule has 0 radical (unpaired) electrons. The normalized spacial score (nSPS) is 10.4. The molecular formula is C11H8BrFN4OS. The molecule has 98 valence electrons. The second-order valence-corrected chi connectivity index (χ2v) is 5.31. The Morgan fingerprint density at radius 2 is 2.37 bits per heavy atom. The predicted octanol–water partition coefficient (Wildman–Crippen LogP) is 2.52. The van der Waals surface area contributed by atoms with Crippen molar-refractivity contribution in [3.63, 3.8) is 0 Å². The van der Waals surface area contributed by atoms with E-state index in [4.69, 9.17) is 5.26 Å². The zero-order valence-electron chi connectivity index (χ0n) is 9.78. The Hall–Kier alpha value is -1.59. The van der Waals surface area contributed by atoms with Gasteiger partial charge in [0, 0.05) is 6.54 Å². The number of rotatable bonds is 3. The maximum atomic E-state index is 14.0. The summed E-state index contributed by atoms with van der Waals surface area (Å²) < 4.78 is 15.5. The molecule has 0 amide bonds. The summed E-state index contributed by atoms with van der Waals surface area (Å²) in [5.74, 6) is -0.540. The fourth-order valence-electron chi connectivity index (χ4n) is 1.46. The Labute approximate surface area is 120 Å². The van der Waals surface area contributed by atoms with Crippen LogP contribution in [0.1, 0.15) is 12.5 Å². The zero-order chi connectivity index (χ0) is 14.0. The number of hydrogen-bond acceptors (Lipinski definition) is 4. The van der Waals surface area contributed by atoms with Crippen molar-refractivity contribution in [3.8, 4) is 6.07 Å². The number of nitriles is 1. The van der Waals surface area contributed by atoms with Crippen LogP contribution < -0.4 is 5.69 Å². The average Bonchev–Trinajstić information content (AvgIpc) is 2.75. The van der Waals surface area contributed by atoms with E-state index in [-0.39, 0.29) is 15.7 Å². The Kier molecular flexibility index (Phi) is 4.07. The highest BCUT2D eigenvalue weighted by molar-refractivity contribution is 9.10. The van der Waals surface area contributed by atoms with Gasteiger partial charge in [0.25, 0.3) is 0 Å². The third kappa shape index (κ3) is 2.57. The fourth-order valence-corrected chi connectivity index (χ4v) is 2.96. The Morgan fingerprint density at radius 3 is 3.00 bits per heavy atom. The third-order valence-electron chi connectivity index (χ3n) is 2.41. The van der Waals surface area contributed by atoms with E-state index in [1.54, 1.807) is 6.92 Å². The molecule has 8 heteroatoms. The van der Waals surface area contributed by atoms with Crippen molar-refractivity contribution in [2.45, 2.75) is 23.5 Å². The van der Waals surface area contributed by atoms with E-state index >= 15 is 0 Å². The molecule has 19 heavy (non-hydrogen) atoms. The number of benzene rings is 1. The summed E-state index contributed by atoms with van der Waals surface area (Å²) in [6, 6.07) is 4.88. The number of halogens is 2. The molecule has 5 nitrogen and oxygen atoms in total. The Balaban J connectivity index is 2.42. The fraction of sp³-hybridized carbons (Fsp3) is 0.182. The maximum absolute atomic E-state index is 14.0. The summed E-state index contributed by atoms with van der Waals surface area (Å²) in [4.78, 5) is 11.7. The molecular weight excluding hydrogens is 335 g/mol. The molecule has 0 bridgehead atoms. The first-order chi connectivity index (χ1) is 9.08. The molecule has 0 aliphatic rings. The highest BCUT2D eigenvalue weighted by Crippen LogP contribution is 2.32. The summed E-state index contributed by atoms with van der Waals surface area (Å²) in [7, 11) is 0. The molecule has 2 rings (SSSR count). The number of nitrogens with zero attached hydrogens (tertiary/aromatic N) is 3. The minimum Gasteiger partial charge on any atom is -0.270 e. The number of hydrogen-bond donors (Lipinski definition) is 1. The maximum Gasteiger partial charge on any atom is 0.343 e. The molecule has 1 N–H and O–H groups in total. The Morgan fingerprint density at radius 1 is 1.63 bits per heavy atom. The molecule has 1 aromatic heterocycles. The molecule has 1 heterocycles. The molecule has 0 saturated heterocycles. The van der Waals surface area contributed by atoms with Gasteiger partial charge < -0.3 is 0 Å².